The summed E-state index contributed by atoms with van der Waals surface area (Å²) in [5.74, 6) is 0. The van der Waals surface area contributed by atoms with Crippen molar-refractivity contribution in [2.45, 2.75) is 0 Å². The average Bonchev–Trinajstić information content (AvgIpc) is 2.34. The van der Waals surface area contributed by atoms with Crippen molar-refractivity contribution in [3.8, 4) is 0 Å². The zero-order valence-electron chi connectivity index (χ0n) is 4.84. The Kier molecular flexibility index (Phi) is 1.74. The van der Waals surface area contributed by atoms with Crippen molar-refractivity contribution in [1.82, 2.24) is 0 Å². The SMILES string of the molecule is CNc1[nH+]cc(N=O)s1. The van der Waals surface area contributed by atoms with Crippen LogP contribution in [0.2, 0.25) is 0 Å². The fraction of sp³-hybridized carbons (Fsp3) is 0.250. The molecule has 4 nitrogen and oxygen atoms in total. The molecule has 0 aromatic carbocycles. The number of hydrogen-bond acceptors (Lipinski definition) is 4. The summed E-state index contributed by atoms with van der Waals surface area (Å²) in [6.07, 6.45) is 1.56. The number of anilines is 1. The summed E-state index contributed by atoms with van der Waals surface area (Å²) >= 11 is 1.29. The first-order valence-corrected chi connectivity index (χ1v) is 3.21. The van der Waals surface area contributed by atoms with Crippen LogP contribution in [0.5, 0.6) is 0 Å². The van der Waals surface area contributed by atoms with Gasteiger partial charge < -0.3 is 0 Å². The standard InChI is InChI=1S/C4H5N3OS/c1-5-4-6-2-3(7-8)9-4/h2H,1H3,(H,5,6)/p+1. The van der Waals surface area contributed by atoms with Gasteiger partial charge in [0.15, 0.2) is 0 Å². The molecule has 1 aromatic heterocycles. The highest BCUT2D eigenvalue weighted by molar-refractivity contribution is 7.18. The molecule has 48 valence electrons. The van der Waals surface area contributed by atoms with Gasteiger partial charge >= 0.3 is 5.13 Å². The predicted molar refractivity (Wildman–Crippen MR) is 35.9 cm³/mol. The third-order valence-electron chi connectivity index (χ3n) is 0.850. The summed E-state index contributed by atoms with van der Waals surface area (Å²) in [6.45, 7) is 0. The molecule has 0 unspecified atom stereocenters. The average molecular weight is 144 g/mol. The molecule has 0 saturated carbocycles. The van der Waals surface area contributed by atoms with E-state index in [9.17, 15) is 4.91 Å². The molecule has 0 radical (unpaired) electrons. The van der Waals surface area contributed by atoms with Crippen LogP contribution >= 0.6 is 11.3 Å². The summed E-state index contributed by atoms with van der Waals surface area (Å²) in [6, 6.07) is 0. The van der Waals surface area contributed by atoms with Gasteiger partial charge in [-0.3, -0.25) is 5.32 Å². The van der Waals surface area contributed by atoms with Gasteiger partial charge in [-0.2, -0.15) is 0 Å². The first-order valence-electron chi connectivity index (χ1n) is 2.39. The van der Waals surface area contributed by atoms with E-state index >= 15 is 0 Å². The molecule has 2 N–H and O–H groups in total. The lowest BCUT2D eigenvalue weighted by Gasteiger charge is -1.75. The van der Waals surface area contributed by atoms with Gasteiger partial charge in [0.05, 0.1) is 7.05 Å². The maximum atomic E-state index is 9.85. The molecule has 0 aliphatic rings. The molecule has 9 heavy (non-hydrogen) atoms. The number of thiazole rings is 1. The first-order chi connectivity index (χ1) is 4.36. The monoisotopic (exact) mass is 144 g/mol. The maximum absolute atomic E-state index is 9.85. The molecule has 0 aliphatic carbocycles. The molecule has 1 heterocycles. The predicted octanol–water partition coefficient (Wildman–Crippen LogP) is 1.00. The summed E-state index contributed by atoms with van der Waals surface area (Å²) in [5.41, 5.74) is 0. The van der Waals surface area contributed by atoms with Crippen molar-refractivity contribution in [1.29, 1.82) is 0 Å². The van der Waals surface area contributed by atoms with E-state index in [1.165, 1.54) is 11.3 Å². The lowest BCUT2D eigenvalue weighted by Crippen LogP contribution is -2.01. The van der Waals surface area contributed by atoms with Crippen LogP contribution in [-0.2, 0) is 0 Å². The van der Waals surface area contributed by atoms with E-state index in [2.05, 4.69) is 15.5 Å². The van der Waals surface area contributed by atoms with Crippen molar-refractivity contribution < 1.29 is 4.98 Å². The van der Waals surface area contributed by atoms with Gasteiger partial charge in [-0.15, -0.1) is 4.91 Å². The van der Waals surface area contributed by atoms with Crippen LogP contribution in [-0.4, -0.2) is 7.05 Å². The molecule has 0 aliphatic heterocycles. The number of nitrogens with zero attached hydrogens (tertiary/aromatic N) is 1. The van der Waals surface area contributed by atoms with Crippen LogP contribution < -0.4 is 10.3 Å². The van der Waals surface area contributed by atoms with Gasteiger partial charge in [0, 0.05) is 0 Å². The molecule has 0 spiro atoms. The normalized spacial score (nSPS) is 9.00. The number of hydrogen-bond donors (Lipinski definition) is 1. The van der Waals surface area contributed by atoms with Crippen molar-refractivity contribution in [2.75, 3.05) is 12.4 Å². The van der Waals surface area contributed by atoms with Crippen LogP contribution in [0.1, 0.15) is 0 Å². The molecular weight excluding hydrogens is 138 g/mol. The second kappa shape index (κ2) is 2.54. The van der Waals surface area contributed by atoms with E-state index in [1.54, 1.807) is 13.2 Å². The number of aromatic amines is 1. The number of rotatable bonds is 2. The Hall–Kier alpha value is -0.970. The van der Waals surface area contributed by atoms with E-state index in [4.69, 9.17) is 0 Å². The second-order valence-corrected chi connectivity index (χ2v) is 2.43. The minimum Gasteiger partial charge on any atom is -0.268 e. The van der Waals surface area contributed by atoms with Crippen LogP contribution in [0.25, 0.3) is 0 Å². The molecule has 5 heteroatoms. The molecule has 0 saturated heterocycles. The Balaban J connectivity index is 2.86. The van der Waals surface area contributed by atoms with Gasteiger partial charge in [-0.1, -0.05) is 0 Å². The topological polar surface area (TPSA) is 55.6 Å². The Morgan fingerprint density at radius 2 is 2.67 bits per heavy atom. The molecule has 0 fully saturated rings. The fourth-order valence-electron chi connectivity index (χ4n) is 0.459. The Morgan fingerprint density at radius 1 is 1.89 bits per heavy atom. The molecule has 1 aromatic rings. The molecule has 0 atom stereocenters. The van der Waals surface area contributed by atoms with Crippen molar-refractivity contribution in [2.24, 2.45) is 5.18 Å². The number of H-pyrrole nitrogens is 1. The van der Waals surface area contributed by atoms with Crippen LogP contribution in [0.3, 0.4) is 0 Å². The fourth-order valence-corrected chi connectivity index (χ4v) is 1.04. The quantitative estimate of drug-likeness (QED) is 0.629. The first kappa shape index (κ1) is 6.15. The number of nitroso groups, excluding NO2 is 1. The van der Waals surface area contributed by atoms with Gasteiger partial charge in [-0.05, 0) is 16.5 Å². The Bertz CT molecular complexity index is 209. The molecule has 0 bridgehead atoms. The minimum absolute atomic E-state index is 0.458. The van der Waals surface area contributed by atoms with Gasteiger partial charge in [0.1, 0.15) is 6.20 Å². The second-order valence-electron chi connectivity index (χ2n) is 1.40. The van der Waals surface area contributed by atoms with Gasteiger partial charge in [0.2, 0.25) is 5.00 Å². The summed E-state index contributed by atoms with van der Waals surface area (Å²) in [4.78, 5) is 12.7. The summed E-state index contributed by atoms with van der Waals surface area (Å²) in [5, 5.41) is 6.88. The highest BCUT2D eigenvalue weighted by atomic mass is 32.1. The molecule has 0 amide bonds. The lowest BCUT2D eigenvalue weighted by atomic mass is 10.9. The van der Waals surface area contributed by atoms with Crippen molar-refractivity contribution in [3.63, 3.8) is 0 Å². The Morgan fingerprint density at radius 3 is 3.00 bits per heavy atom. The summed E-state index contributed by atoms with van der Waals surface area (Å²) < 4.78 is 0. The zero-order valence-corrected chi connectivity index (χ0v) is 5.66. The summed E-state index contributed by atoms with van der Waals surface area (Å²) in [7, 11) is 1.77. The largest absolute Gasteiger partial charge is 0.333 e. The van der Waals surface area contributed by atoms with E-state index in [-0.39, 0.29) is 0 Å². The molecular formula is C4H6N3OS+. The Labute approximate surface area is 55.9 Å². The van der Waals surface area contributed by atoms with Gasteiger partial charge in [0.25, 0.3) is 0 Å². The van der Waals surface area contributed by atoms with Crippen molar-refractivity contribution in [3.05, 3.63) is 11.1 Å². The number of aromatic nitrogens is 1. The highest BCUT2D eigenvalue weighted by Crippen LogP contribution is 2.21. The molecule has 1 rings (SSSR count). The maximum Gasteiger partial charge on any atom is 0.333 e. The van der Waals surface area contributed by atoms with E-state index in [0.717, 1.165) is 5.13 Å². The van der Waals surface area contributed by atoms with E-state index < -0.39 is 0 Å². The third kappa shape index (κ3) is 1.23. The van der Waals surface area contributed by atoms with Crippen LogP contribution in [0.4, 0.5) is 10.1 Å². The van der Waals surface area contributed by atoms with E-state index in [0.29, 0.717) is 5.00 Å². The van der Waals surface area contributed by atoms with Gasteiger partial charge in [-0.25, -0.2) is 4.98 Å². The van der Waals surface area contributed by atoms with Crippen LogP contribution in [0.15, 0.2) is 11.4 Å². The highest BCUT2D eigenvalue weighted by Gasteiger charge is 2.02. The third-order valence-corrected chi connectivity index (χ3v) is 1.78. The smallest absolute Gasteiger partial charge is 0.268 e. The zero-order chi connectivity index (χ0) is 6.69. The number of nitrogens with one attached hydrogen (secondary N) is 2. The van der Waals surface area contributed by atoms with Crippen LogP contribution in [0, 0.1) is 4.91 Å². The van der Waals surface area contributed by atoms with Crippen molar-refractivity contribution >= 4 is 21.5 Å². The van der Waals surface area contributed by atoms with E-state index in [1.807, 2.05) is 0 Å². The lowest BCUT2D eigenvalue weighted by molar-refractivity contribution is -0.353. The minimum atomic E-state index is 0.458.